The molecule has 1 saturated heterocycles. The predicted octanol–water partition coefficient (Wildman–Crippen LogP) is 2.53. The van der Waals surface area contributed by atoms with E-state index < -0.39 is 10.0 Å². The van der Waals surface area contributed by atoms with E-state index in [1.54, 1.807) is 10.4 Å². The fourth-order valence-electron chi connectivity index (χ4n) is 2.53. The Morgan fingerprint density at radius 3 is 2.45 bits per heavy atom. The van der Waals surface area contributed by atoms with E-state index in [2.05, 4.69) is 0 Å². The Hall–Kier alpha value is -0.140. The second-order valence-corrected chi connectivity index (χ2v) is 9.37. The third-order valence-corrected chi connectivity index (χ3v) is 6.96. The number of rotatable bonds is 2. The minimum Gasteiger partial charge on any atom is -0.327 e. The number of piperidine rings is 1. The highest BCUT2D eigenvalue weighted by Gasteiger charge is 2.39. The molecule has 0 amide bonds. The van der Waals surface area contributed by atoms with Gasteiger partial charge in [0.25, 0.3) is 0 Å². The number of hydrogen-bond donors (Lipinski definition) is 1. The molecule has 1 unspecified atom stereocenters. The van der Waals surface area contributed by atoms with Crippen molar-refractivity contribution in [3.63, 3.8) is 0 Å². The molecule has 0 saturated carbocycles. The molecular weight excluding hydrogens is 316 g/mol. The van der Waals surface area contributed by atoms with Gasteiger partial charge in [-0.2, -0.15) is 4.31 Å². The van der Waals surface area contributed by atoms with Crippen molar-refractivity contribution in [2.75, 3.05) is 13.1 Å². The molecule has 0 bridgehead atoms. The van der Waals surface area contributed by atoms with Crippen LogP contribution in [0, 0.1) is 19.3 Å². The zero-order valence-corrected chi connectivity index (χ0v) is 14.8. The van der Waals surface area contributed by atoms with Crippen molar-refractivity contribution >= 4 is 33.8 Å². The zero-order valence-electron chi connectivity index (χ0n) is 12.3. The van der Waals surface area contributed by atoms with Crippen molar-refractivity contribution < 1.29 is 8.42 Å². The molecule has 0 aliphatic carbocycles. The van der Waals surface area contributed by atoms with E-state index in [1.165, 1.54) is 11.3 Å². The molecule has 1 aliphatic heterocycles. The SMILES string of the molecule is Cc1cc(S(=O)(=O)N2CCC(N)C(C)(C)C2)c(C)s1.Cl. The lowest BCUT2D eigenvalue weighted by Gasteiger charge is -2.41. The van der Waals surface area contributed by atoms with Gasteiger partial charge in [0.1, 0.15) is 0 Å². The molecule has 116 valence electrons. The number of hydrogen-bond acceptors (Lipinski definition) is 4. The van der Waals surface area contributed by atoms with Gasteiger partial charge in [-0.25, -0.2) is 8.42 Å². The van der Waals surface area contributed by atoms with Crippen LogP contribution in [0.2, 0.25) is 0 Å². The minimum atomic E-state index is -3.38. The van der Waals surface area contributed by atoms with Crippen molar-refractivity contribution in [3.05, 3.63) is 15.8 Å². The third-order valence-electron chi connectivity index (χ3n) is 3.89. The smallest absolute Gasteiger partial charge is 0.244 e. The van der Waals surface area contributed by atoms with Crippen LogP contribution in [0.15, 0.2) is 11.0 Å². The molecule has 1 aromatic heterocycles. The summed E-state index contributed by atoms with van der Waals surface area (Å²) in [4.78, 5) is 2.36. The molecule has 0 spiro atoms. The number of thiophene rings is 1. The van der Waals surface area contributed by atoms with E-state index in [1.807, 2.05) is 27.7 Å². The zero-order chi connectivity index (χ0) is 14.4. The van der Waals surface area contributed by atoms with E-state index in [-0.39, 0.29) is 23.9 Å². The van der Waals surface area contributed by atoms with Gasteiger partial charge in [0.2, 0.25) is 10.0 Å². The Kier molecular flexibility index (Phi) is 5.31. The molecule has 2 rings (SSSR count). The van der Waals surface area contributed by atoms with Crippen molar-refractivity contribution in [2.45, 2.75) is 45.1 Å². The van der Waals surface area contributed by atoms with Gasteiger partial charge in [0.15, 0.2) is 0 Å². The van der Waals surface area contributed by atoms with Crippen LogP contribution in [-0.2, 0) is 10.0 Å². The fourth-order valence-corrected chi connectivity index (χ4v) is 5.68. The molecule has 20 heavy (non-hydrogen) atoms. The van der Waals surface area contributed by atoms with Crippen LogP contribution in [0.3, 0.4) is 0 Å². The largest absolute Gasteiger partial charge is 0.327 e. The second kappa shape index (κ2) is 5.93. The first-order chi connectivity index (χ1) is 8.64. The van der Waals surface area contributed by atoms with Crippen LogP contribution in [0.1, 0.15) is 30.0 Å². The maximum Gasteiger partial charge on any atom is 0.244 e. The Balaban J connectivity index is 0.00000200. The number of aryl methyl sites for hydroxylation is 2. The maximum absolute atomic E-state index is 12.7. The van der Waals surface area contributed by atoms with Crippen LogP contribution >= 0.6 is 23.7 Å². The summed E-state index contributed by atoms with van der Waals surface area (Å²) in [6.45, 7) is 8.88. The summed E-state index contributed by atoms with van der Waals surface area (Å²) in [7, 11) is -3.38. The molecule has 1 aromatic rings. The molecule has 7 heteroatoms. The average molecular weight is 339 g/mol. The average Bonchev–Trinajstić information content (AvgIpc) is 2.62. The normalized spacial score (nSPS) is 23.4. The van der Waals surface area contributed by atoms with Crippen LogP contribution in [0.4, 0.5) is 0 Å². The van der Waals surface area contributed by atoms with Gasteiger partial charge < -0.3 is 5.73 Å². The van der Waals surface area contributed by atoms with Gasteiger partial charge in [-0.3, -0.25) is 0 Å². The molecule has 1 fully saturated rings. The molecule has 2 N–H and O–H groups in total. The van der Waals surface area contributed by atoms with Crippen LogP contribution in [0.5, 0.6) is 0 Å². The van der Waals surface area contributed by atoms with Crippen molar-refractivity contribution in [1.82, 2.24) is 4.31 Å². The number of nitrogens with zero attached hydrogens (tertiary/aromatic N) is 1. The second-order valence-electron chi connectivity index (χ2n) is 6.00. The summed E-state index contributed by atoms with van der Waals surface area (Å²) >= 11 is 1.53. The first-order valence-electron chi connectivity index (χ1n) is 6.47. The van der Waals surface area contributed by atoms with E-state index in [0.29, 0.717) is 24.4 Å². The summed E-state index contributed by atoms with van der Waals surface area (Å²) in [6.07, 6.45) is 0.717. The minimum absolute atomic E-state index is 0. The Bertz CT molecular complexity index is 581. The quantitative estimate of drug-likeness (QED) is 0.901. The van der Waals surface area contributed by atoms with Gasteiger partial charge in [-0.05, 0) is 31.7 Å². The summed E-state index contributed by atoms with van der Waals surface area (Å²) in [5.41, 5.74) is 5.89. The molecule has 1 atom stereocenters. The highest BCUT2D eigenvalue weighted by molar-refractivity contribution is 7.89. The summed E-state index contributed by atoms with van der Waals surface area (Å²) in [5, 5.41) is 0. The standard InChI is InChI=1S/C13H22N2O2S2.ClH/c1-9-7-11(10(2)18-9)19(16,17)15-6-5-12(14)13(3,4)8-15;/h7,12H,5-6,8,14H2,1-4H3;1H. The lowest BCUT2D eigenvalue weighted by molar-refractivity contribution is 0.155. The Labute approximate surface area is 131 Å². The maximum atomic E-state index is 12.7. The molecule has 0 aromatic carbocycles. The molecule has 4 nitrogen and oxygen atoms in total. The monoisotopic (exact) mass is 338 g/mol. The number of nitrogens with two attached hydrogens (primary N) is 1. The van der Waals surface area contributed by atoms with E-state index in [4.69, 9.17) is 5.73 Å². The van der Waals surface area contributed by atoms with Gasteiger partial charge >= 0.3 is 0 Å². The van der Waals surface area contributed by atoms with Gasteiger partial charge in [-0.1, -0.05) is 13.8 Å². The number of sulfonamides is 1. The number of halogens is 1. The van der Waals surface area contributed by atoms with Crippen molar-refractivity contribution in [3.8, 4) is 0 Å². The highest BCUT2D eigenvalue weighted by Crippen LogP contribution is 2.33. The van der Waals surface area contributed by atoms with Gasteiger partial charge in [0, 0.05) is 28.9 Å². The third kappa shape index (κ3) is 3.20. The summed E-state index contributed by atoms with van der Waals surface area (Å²) in [6, 6.07) is 1.83. The topological polar surface area (TPSA) is 63.4 Å². The molecule has 2 heterocycles. The lowest BCUT2D eigenvalue weighted by Crippen LogP contribution is -2.53. The van der Waals surface area contributed by atoms with Crippen LogP contribution in [0.25, 0.3) is 0 Å². The van der Waals surface area contributed by atoms with Crippen LogP contribution < -0.4 is 5.73 Å². The van der Waals surface area contributed by atoms with Crippen LogP contribution in [-0.4, -0.2) is 31.9 Å². The predicted molar refractivity (Wildman–Crippen MR) is 86.2 cm³/mol. The van der Waals surface area contributed by atoms with Crippen molar-refractivity contribution in [2.24, 2.45) is 11.1 Å². The Morgan fingerprint density at radius 1 is 1.40 bits per heavy atom. The fraction of sp³-hybridized carbons (Fsp3) is 0.692. The Morgan fingerprint density at radius 2 is 2.00 bits per heavy atom. The lowest BCUT2D eigenvalue weighted by atomic mass is 9.81. The van der Waals surface area contributed by atoms with E-state index in [0.717, 1.165) is 9.75 Å². The van der Waals surface area contributed by atoms with E-state index >= 15 is 0 Å². The highest BCUT2D eigenvalue weighted by atomic mass is 35.5. The first-order valence-corrected chi connectivity index (χ1v) is 8.73. The summed E-state index contributed by atoms with van der Waals surface area (Å²) < 4.78 is 27.0. The molecular formula is C13H23ClN2O2S2. The van der Waals surface area contributed by atoms with E-state index in [9.17, 15) is 8.42 Å². The first kappa shape index (κ1) is 17.9. The molecule has 0 radical (unpaired) electrons. The molecule has 1 aliphatic rings. The summed E-state index contributed by atoms with van der Waals surface area (Å²) in [5.74, 6) is 0. The van der Waals surface area contributed by atoms with Gasteiger partial charge in [0.05, 0.1) is 4.90 Å². The van der Waals surface area contributed by atoms with Crippen molar-refractivity contribution in [1.29, 1.82) is 0 Å². The van der Waals surface area contributed by atoms with Gasteiger partial charge in [-0.15, -0.1) is 23.7 Å².